The number of benzene rings is 3. The second-order valence-electron chi connectivity index (χ2n) is 9.09. The molecule has 35 heavy (non-hydrogen) atoms. The summed E-state index contributed by atoms with van der Waals surface area (Å²) in [6.07, 6.45) is 3.66. The molecule has 1 saturated carbocycles. The molecule has 0 saturated heterocycles. The van der Waals surface area contributed by atoms with Crippen molar-refractivity contribution in [3.8, 4) is 11.5 Å². The van der Waals surface area contributed by atoms with Crippen LogP contribution < -0.4 is 20.5 Å². The Labute approximate surface area is 204 Å². The number of rotatable bonds is 6. The van der Waals surface area contributed by atoms with Crippen molar-refractivity contribution in [2.24, 2.45) is 5.73 Å². The predicted molar refractivity (Wildman–Crippen MR) is 134 cm³/mol. The first-order chi connectivity index (χ1) is 17.1. The second kappa shape index (κ2) is 10.2. The van der Waals surface area contributed by atoms with Gasteiger partial charge in [0.05, 0.1) is 0 Å². The number of nitrogens with two attached hydrogens (primary N) is 1. The summed E-state index contributed by atoms with van der Waals surface area (Å²) < 4.78 is 10.7. The number of nitrogens with one attached hydrogen (secondary N) is 1. The number of nitrogens with zero attached hydrogens (tertiary/aromatic N) is 1. The van der Waals surface area contributed by atoms with Gasteiger partial charge in [-0.05, 0) is 73.7 Å². The third-order valence-corrected chi connectivity index (χ3v) is 6.66. The average molecular weight is 472 g/mol. The molecule has 3 aromatic rings. The van der Waals surface area contributed by atoms with Crippen molar-refractivity contribution in [1.29, 1.82) is 0 Å². The number of carbonyl (C=O) groups excluding carboxylic acids is 2. The fourth-order valence-electron chi connectivity index (χ4n) is 4.66. The highest BCUT2D eigenvalue weighted by molar-refractivity contribution is 6.04. The molecule has 0 bridgehead atoms. The molecule has 1 heterocycles. The topological polar surface area (TPSA) is 93.9 Å². The summed E-state index contributed by atoms with van der Waals surface area (Å²) >= 11 is 0. The van der Waals surface area contributed by atoms with Crippen molar-refractivity contribution < 1.29 is 19.1 Å². The number of fused-ring (bicyclic) bond motifs is 1. The largest absolute Gasteiger partial charge is 0.454 e. The predicted octanol–water partition coefficient (Wildman–Crippen LogP) is 4.58. The highest BCUT2D eigenvalue weighted by atomic mass is 16.7. The quantitative estimate of drug-likeness (QED) is 0.549. The second-order valence-corrected chi connectivity index (χ2v) is 9.09. The molecule has 7 nitrogen and oxygen atoms in total. The van der Waals surface area contributed by atoms with Gasteiger partial charge in [-0.15, -0.1) is 0 Å². The molecule has 1 aliphatic carbocycles. The van der Waals surface area contributed by atoms with Gasteiger partial charge in [-0.3, -0.25) is 9.59 Å². The molecule has 5 rings (SSSR count). The molecular weight excluding hydrogens is 442 g/mol. The Morgan fingerprint density at radius 1 is 0.857 bits per heavy atom. The highest BCUT2D eigenvalue weighted by Gasteiger charge is 2.28. The zero-order chi connectivity index (χ0) is 24.2. The van der Waals surface area contributed by atoms with E-state index in [-0.39, 0.29) is 30.7 Å². The summed E-state index contributed by atoms with van der Waals surface area (Å²) in [5, 5.41) is 2.92. The van der Waals surface area contributed by atoms with E-state index in [2.05, 4.69) is 5.32 Å². The number of anilines is 1. The molecule has 3 N–H and O–H groups in total. The van der Waals surface area contributed by atoms with E-state index in [1.54, 1.807) is 18.2 Å². The van der Waals surface area contributed by atoms with Crippen molar-refractivity contribution in [3.05, 3.63) is 89.5 Å². The van der Waals surface area contributed by atoms with Gasteiger partial charge in [-0.2, -0.15) is 0 Å². The zero-order valence-electron chi connectivity index (χ0n) is 19.5. The SMILES string of the molecule is NC1CCC(N(Cc2ccc(NC(=O)c3ccc4c(c3)OCO4)cc2)C(=O)c2ccccc2)CC1. The maximum atomic E-state index is 13.4. The summed E-state index contributed by atoms with van der Waals surface area (Å²) in [6.45, 7) is 0.670. The van der Waals surface area contributed by atoms with Gasteiger partial charge in [-0.25, -0.2) is 0 Å². The zero-order valence-corrected chi connectivity index (χ0v) is 19.5. The van der Waals surface area contributed by atoms with Crippen LogP contribution in [-0.4, -0.2) is 35.6 Å². The normalized spacial score (nSPS) is 18.7. The van der Waals surface area contributed by atoms with Crippen LogP contribution in [0.15, 0.2) is 72.8 Å². The van der Waals surface area contributed by atoms with Gasteiger partial charge >= 0.3 is 0 Å². The Kier molecular flexibility index (Phi) is 6.68. The van der Waals surface area contributed by atoms with Gasteiger partial charge in [-0.1, -0.05) is 30.3 Å². The number of amides is 2. The van der Waals surface area contributed by atoms with Gasteiger partial charge < -0.3 is 25.4 Å². The minimum absolute atomic E-state index is 0.0336. The standard InChI is InChI=1S/C28H29N3O4/c29-22-9-13-24(14-10-22)31(28(33)20-4-2-1-3-5-20)17-19-6-11-23(12-7-19)30-27(32)21-8-15-25-26(16-21)35-18-34-25/h1-8,11-12,15-16,22,24H,9-10,13-14,17-18,29H2,(H,30,32). The number of ether oxygens (including phenoxy) is 2. The molecule has 7 heteroatoms. The van der Waals surface area contributed by atoms with Crippen molar-refractivity contribution in [2.45, 2.75) is 44.3 Å². The maximum absolute atomic E-state index is 13.4. The van der Waals surface area contributed by atoms with Gasteiger partial charge in [0.25, 0.3) is 11.8 Å². The summed E-state index contributed by atoms with van der Waals surface area (Å²) in [6, 6.07) is 22.5. The molecule has 0 radical (unpaired) electrons. The smallest absolute Gasteiger partial charge is 0.255 e. The minimum atomic E-state index is -0.226. The van der Waals surface area contributed by atoms with Crippen LogP contribution in [0.4, 0.5) is 5.69 Å². The molecule has 0 atom stereocenters. The molecule has 1 fully saturated rings. The van der Waals surface area contributed by atoms with Crippen molar-refractivity contribution in [3.63, 3.8) is 0 Å². The Bertz CT molecular complexity index is 1190. The number of hydrogen-bond acceptors (Lipinski definition) is 5. The molecule has 0 spiro atoms. The molecular formula is C28H29N3O4. The van der Waals surface area contributed by atoms with Crippen molar-refractivity contribution in [1.82, 2.24) is 4.90 Å². The average Bonchev–Trinajstić information content (AvgIpc) is 3.37. The van der Waals surface area contributed by atoms with Gasteiger partial charge in [0, 0.05) is 35.4 Å². The van der Waals surface area contributed by atoms with E-state index in [0.29, 0.717) is 34.9 Å². The van der Waals surface area contributed by atoms with E-state index < -0.39 is 0 Å². The van der Waals surface area contributed by atoms with Gasteiger partial charge in [0.1, 0.15) is 0 Å². The summed E-state index contributed by atoms with van der Waals surface area (Å²) in [4.78, 5) is 28.1. The van der Waals surface area contributed by atoms with E-state index in [1.165, 1.54) is 0 Å². The van der Waals surface area contributed by atoms with Crippen LogP contribution in [0.3, 0.4) is 0 Å². The van der Waals surface area contributed by atoms with Crippen LogP contribution in [0.5, 0.6) is 11.5 Å². The summed E-state index contributed by atoms with van der Waals surface area (Å²) in [7, 11) is 0. The van der Waals surface area contributed by atoms with E-state index in [1.807, 2.05) is 59.5 Å². The fraction of sp³-hybridized carbons (Fsp3) is 0.286. The lowest BCUT2D eigenvalue weighted by atomic mass is 9.90. The Morgan fingerprint density at radius 2 is 1.57 bits per heavy atom. The Morgan fingerprint density at radius 3 is 2.31 bits per heavy atom. The van der Waals surface area contributed by atoms with Crippen LogP contribution in [0.25, 0.3) is 0 Å². The van der Waals surface area contributed by atoms with Crippen molar-refractivity contribution in [2.75, 3.05) is 12.1 Å². The number of hydrogen-bond donors (Lipinski definition) is 2. The Balaban J connectivity index is 1.28. The highest BCUT2D eigenvalue weighted by Crippen LogP contribution is 2.32. The van der Waals surface area contributed by atoms with E-state index >= 15 is 0 Å². The van der Waals surface area contributed by atoms with Crippen LogP contribution in [-0.2, 0) is 6.54 Å². The van der Waals surface area contributed by atoms with E-state index in [9.17, 15) is 9.59 Å². The molecule has 0 aromatic heterocycles. The van der Waals surface area contributed by atoms with Gasteiger partial charge in [0.15, 0.2) is 11.5 Å². The third-order valence-electron chi connectivity index (χ3n) is 6.66. The third kappa shape index (κ3) is 5.30. The molecule has 180 valence electrons. The first-order valence-electron chi connectivity index (χ1n) is 12.0. The van der Waals surface area contributed by atoms with Crippen molar-refractivity contribution >= 4 is 17.5 Å². The van der Waals surface area contributed by atoms with E-state index in [4.69, 9.17) is 15.2 Å². The lowest BCUT2D eigenvalue weighted by molar-refractivity contribution is 0.0606. The monoisotopic (exact) mass is 471 g/mol. The Hall–Kier alpha value is -3.84. The minimum Gasteiger partial charge on any atom is -0.454 e. The van der Waals surface area contributed by atoms with Crippen LogP contribution >= 0.6 is 0 Å². The summed E-state index contributed by atoms with van der Waals surface area (Å²) in [5.41, 5.74) is 8.98. The summed E-state index contributed by atoms with van der Waals surface area (Å²) in [5.74, 6) is 1.02. The molecule has 2 aliphatic rings. The van der Waals surface area contributed by atoms with Crippen LogP contribution in [0.1, 0.15) is 52.0 Å². The lowest BCUT2D eigenvalue weighted by Gasteiger charge is -2.36. The van der Waals surface area contributed by atoms with Crippen LogP contribution in [0, 0.1) is 0 Å². The first kappa shape index (κ1) is 22.9. The number of carbonyl (C=O) groups is 2. The molecule has 0 unspecified atom stereocenters. The molecule has 3 aromatic carbocycles. The molecule has 2 amide bonds. The van der Waals surface area contributed by atoms with Gasteiger partial charge in [0.2, 0.25) is 6.79 Å². The van der Waals surface area contributed by atoms with E-state index in [0.717, 1.165) is 31.2 Å². The fourth-order valence-corrected chi connectivity index (χ4v) is 4.66. The first-order valence-corrected chi connectivity index (χ1v) is 12.0. The maximum Gasteiger partial charge on any atom is 0.255 e. The lowest BCUT2D eigenvalue weighted by Crippen LogP contribution is -2.43. The molecule has 1 aliphatic heterocycles. The van der Waals surface area contributed by atoms with Crippen LogP contribution in [0.2, 0.25) is 0 Å².